The van der Waals surface area contributed by atoms with Crippen LogP contribution >= 0.6 is 0 Å². The van der Waals surface area contributed by atoms with Gasteiger partial charge in [0.25, 0.3) is 0 Å². The Morgan fingerprint density at radius 1 is 1.24 bits per heavy atom. The van der Waals surface area contributed by atoms with Gasteiger partial charge in [0.1, 0.15) is 12.1 Å². The molecule has 0 spiro atoms. The van der Waals surface area contributed by atoms with E-state index in [1.807, 2.05) is 0 Å². The number of nitrogens with one attached hydrogen (secondary N) is 1. The summed E-state index contributed by atoms with van der Waals surface area (Å²) in [5, 5.41) is 12.0. The minimum Gasteiger partial charge on any atom is -0.478 e. The first kappa shape index (κ1) is 12.8. The van der Waals surface area contributed by atoms with Crippen LogP contribution in [0, 0.1) is 0 Å². The highest BCUT2D eigenvalue weighted by molar-refractivity contribution is 5.88. The Morgan fingerprint density at radius 2 is 2.14 bits per heavy atom. The Bertz CT molecular complexity index is 771. The number of nitrogens with zero attached hydrogens (tertiary/aromatic N) is 4. The van der Waals surface area contributed by atoms with E-state index >= 15 is 0 Å². The van der Waals surface area contributed by atoms with E-state index in [1.165, 1.54) is 12.1 Å². The summed E-state index contributed by atoms with van der Waals surface area (Å²) in [6.45, 7) is 0. The summed E-state index contributed by atoms with van der Waals surface area (Å²) in [4.78, 5) is 23.4. The second-order valence-electron chi connectivity index (χ2n) is 4.22. The van der Waals surface area contributed by atoms with Gasteiger partial charge in [-0.3, -0.25) is 4.57 Å². The van der Waals surface area contributed by atoms with Crippen molar-refractivity contribution in [3.8, 4) is 5.82 Å². The van der Waals surface area contributed by atoms with Gasteiger partial charge >= 0.3 is 5.97 Å². The lowest BCUT2D eigenvalue weighted by molar-refractivity contribution is 0.0697. The van der Waals surface area contributed by atoms with Gasteiger partial charge in [0, 0.05) is 24.3 Å². The molecule has 0 bridgehead atoms. The summed E-state index contributed by atoms with van der Waals surface area (Å²) in [5.74, 6) is 0.0647. The maximum atomic E-state index is 10.9. The maximum absolute atomic E-state index is 10.9. The van der Waals surface area contributed by atoms with Crippen molar-refractivity contribution < 1.29 is 9.90 Å². The summed E-state index contributed by atoms with van der Waals surface area (Å²) in [6.07, 6.45) is 6.69. The molecule has 0 aliphatic rings. The molecular weight excluding hydrogens is 270 g/mol. The van der Waals surface area contributed by atoms with Crippen molar-refractivity contribution in [2.75, 3.05) is 5.32 Å². The molecule has 0 unspecified atom stereocenters. The van der Waals surface area contributed by atoms with Gasteiger partial charge in [0.05, 0.1) is 5.56 Å². The van der Waals surface area contributed by atoms with E-state index < -0.39 is 5.97 Å². The van der Waals surface area contributed by atoms with Crippen LogP contribution < -0.4 is 5.32 Å². The number of carboxylic acid groups (broad SMARTS) is 1. The summed E-state index contributed by atoms with van der Waals surface area (Å²) >= 11 is 0. The van der Waals surface area contributed by atoms with Gasteiger partial charge in [-0.25, -0.2) is 14.8 Å². The van der Waals surface area contributed by atoms with Crippen molar-refractivity contribution in [3.05, 3.63) is 60.8 Å². The Kier molecular flexibility index (Phi) is 3.30. The lowest BCUT2D eigenvalue weighted by Crippen LogP contribution is -2.02. The van der Waals surface area contributed by atoms with Crippen molar-refractivity contribution in [1.82, 2.24) is 19.5 Å². The molecule has 2 aromatic heterocycles. The quantitative estimate of drug-likeness (QED) is 0.760. The second kappa shape index (κ2) is 5.41. The number of rotatable bonds is 4. The van der Waals surface area contributed by atoms with Gasteiger partial charge in [-0.1, -0.05) is 6.07 Å². The first-order chi connectivity index (χ1) is 10.2. The van der Waals surface area contributed by atoms with E-state index in [4.69, 9.17) is 5.11 Å². The molecule has 0 atom stereocenters. The summed E-state index contributed by atoms with van der Waals surface area (Å²) in [5.41, 5.74) is 0.809. The second-order valence-corrected chi connectivity index (χ2v) is 4.22. The largest absolute Gasteiger partial charge is 0.478 e. The minimum atomic E-state index is -0.980. The summed E-state index contributed by atoms with van der Waals surface area (Å²) in [6, 6.07) is 8.21. The molecule has 0 saturated carbocycles. The number of hydrogen-bond donors (Lipinski definition) is 2. The number of benzene rings is 1. The molecule has 0 amide bonds. The van der Waals surface area contributed by atoms with E-state index in [0.29, 0.717) is 17.5 Å². The predicted octanol–water partition coefficient (Wildman–Crippen LogP) is 2.10. The van der Waals surface area contributed by atoms with Crippen molar-refractivity contribution in [3.63, 3.8) is 0 Å². The number of imidazole rings is 1. The Hall–Kier alpha value is -3.22. The van der Waals surface area contributed by atoms with Gasteiger partial charge in [-0.05, 0) is 24.3 Å². The highest BCUT2D eigenvalue weighted by atomic mass is 16.4. The number of aromatic nitrogens is 4. The lowest BCUT2D eigenvalue weighted by atomic mass is 10.2. The molecule has 21 heavy (non-hydrogen) atoms. The van der Waals surface area contributed by atoms with Crippen LogP contribution in [-0.4, -0.2) is 30.6 Å². The number of carbonyl (C=O) groups is 1. The fourth-order valence-electron chi connectivity index (χ4n) is 1.81. The molecule has 0 fully saturated rings. The van der Waals surface area contributed by atoms with Gasteiger partial charge in [0.15, 0.2) is 0 Å². The highest BCUT2D eigenvalue weighted by Gasteiger charge is 2.05. The molecule has 3 rings (SSSR count). The summed E-state index contributed by atoms with van der Waals surface area (Å²) in [7, 11) is 0. The number of aromatic carboxylic acids is 1. The average molecular weight is 281 g/mol. The fourth-order valence-corrected chi connectivity index (χ4v) is 1.81. The number of anilines is 2. The first-order valence-electron chi connectivity index (χ1n) is 6.14. The fraction of sp³-hybridized carbons (Fsp3) is 0. The van der Waals surface area contributed by atoms with Gasteiger partial charge in [-0.2, -0.15) is 4.98 Å². The SMILES string of the molecule is O=C(O)c1cccc(Nc2nccc(-n3ccnc3)n2)c1. The third-order valence-electron chi connectivity index (χ3n) is 2.78. The van der Waals surface area contributed by atoms with Crippen LogP contribution in [0.5, 0.6) is 0 Å². The number of hydrogen-bond acceptors (Lipinski definition) is 5. The average Bonchev–Trinajstić information content (AvgIpc) is 3.02. The summed E-state index contributed by atoms with van der Waals surface area (Å²) < 4.78 is 1.75. The molecule has 104 valence electrons. The molecule has 1 aromatic carbocycles. The van der Waals surface area contributed by atoms with Crippen molar-refractivity contribution in [1.29, 1.82) is 0 Å². The van der Waals surface area contributed by atoms with E-state index in [2.05, 4.69) is 20.3 Å². The lowest BCUT2D eigenvalue weighted by Gasteiger charge is -2.07. The van der Waals surface area contributed by atoms with Crippen LogP contribution in [0.15, 0.2) is 55.2 Å². The van der Waals surface area contributed by atoms with Crippen LogP contribution in [0.25, 0.3) is 5.82 Å². The predicted molar refractivity (Wildman–Crippen MR) is 75.8 cm³/mol. The number of carboxylic acids is 1. The van der Waals surface area contributed by atoms with E-state index in [-0.39, 0.29) is 5.56 Å². The topological polar surface area (TPSA) is 92.9 Å². The molecule has 2 heterocycles. The highest BCUT2D eigenvalue weighted by Crippen LogP contribution is 2.15. The third kappa shape index (κ3) is 2.86. The molecule has 0 saturated heterocycles. The van der Waals surface area contributed by atoms with Crippen LogP contribution in [-0.2, 0) is 0 Å². The Labute approximate surface area is 119 Å². The normalized spacial score (nSPS) is 10.3. The maximum Gasteiger partial charge on any atom is 0.335 e. The molecular formula is C14H11N5O2. The van der Waals surface area contributed by atoms with E-state index in [9.17, 15) is 4.79 Å². The molecule has 7 heteroatoms. The standard InChI is InChI=1S/C14H11N5O2/c20-13(21)10-2-1-3-11(8-10)17-14-16-5-4-12(18-14)19-7-6-15-9-19/h1-9H,(H,20,21)(H,16,17,18). The molecule has 2 N–H and O–H groups in total. The minimum absolute atomic E-state index is 0.200. The van der Waals surface area contributed by atoms with Crippen LogP contribution in [0.1, 0.15) is 10.4 Å². The Morgan fingerprint density at radius 3 is 2.90 bits per heavy atom. The van der Waals surface area contributed by atoms with E-state index in [0.717, 1.165) is 0 Å². The zero-order valence-electron chi connectivity index (χ0n) is 10.8. The monoisotopic (exact) mass is 281 g/mol. The smallest absolute Gasteiger partial charge is 0.335 e. The molecule has 0 radical (unpaired) electrons. The zero-order chi connectivity index (χ0) is 14.7. The molecule has 7 nitrogen and oxygen atoms in total. The van der Waals surface area contributed by atoms with Gasteiger partial charge < -0.3 is 10.4 Å². The van der Waals surface area contributed by atoms with Gasteiger partial charge in [-0.15, -0.1) is 0 Å². The van der Waals surface area contributed by atoms with E-state index in [1.54, 1.807) is 47.7 Å². The van der Waals surface area contributed by atoms with Gasteiger partial charge in [0.2, 0.25) is 5.95 Å². The van der Waals surface area contributed by atoms with Crippen LogP contribution in [0.3, 0.4) is 0 Å². The van der Waals surface area contributed by atoms with Crippen molar-refractivity contribution in [2.24, 2.45) is 0 Å². The third-order valence-corrected chi connectivity index (χ3v) is 2.78. The van der Waals surface area contributed by atoms with Crippen LogP contribution in [0.2, 0.25) is 0 Å². The van der Waals surface area contributed by atoms with Crippen molar-refractivity contribution in [2.45, 2.75) is 0 Å². The zero-order valence-corrected chi connectivity index (χ0v) is 10.8. The Balaban J connectivity index is 1.87. The molecule has 0 aliphatic carbocycles. The molecule has 0 aliphatic heterocycles. The first-order valence-corrected chi connectivity index (χ1v) is 6.14. The van der Waals surface area contributed by atoms with Crippen molar-refractivity contribution >= 4 is 17.6 Å². The van der Waals surface area contributed by atoms with Crippen LogP contribution in [0.4, 0.5) is 11.6 Å². The molecule has 3 aromatic rings.